The van der Waals surface area contributed by atoms with Crippen LogP contribution in [0.2, 0.25) is 0 Å². The topological polar surface area (TPSA) is 23.5 Å². The summed E-state index contributed by atoms with van der Waals surface area (Å²) >= 11 is 0. The van der Waals surface area contributed by atoms with Gasteiger partial charge in [-0.1, -0.05) is 94.1 Å². The molecule has 1 N–H and O–H groups in total. The molecule has 2 rings (SSSR count). The number of nitrogens with zero attached hydrogens (tertiary/aromatic N) is 1. The van der Waals surface area contributed by atoms with Crippen LogP contribution in [0.15, 0.2) is 54.6 Å². The Kier molecular flexibility index (Phi) is 9.73. The second-order valence-corrected chi connectivity index (χ2v) is 8.19. The Hall–Kier alpha value is -1.64. The lowest BCUT2D eigenvalue weighted by Crippen LogP contribution is -2.33. The minimum Gasteiger partial charge on any atom is -0.385 e. The minimum atomic E-state index is -0.833. The standard InChI is InChI=1S/C26H39NO/c1-4-6-13-20-27(21-14-7-5-2)22-19-26(3,28)25-18-12-11-17-24(25)23-15-9-8-10-16-23/h8-12,15-18,28H,4-7,13-14,19-22H2,1-3H3. The molecular weight excluding hydrogens is 342 g/mol. The average Bonchev–Trinajstić information content (AvgIpc) is 2.72. The van der Waals surface area contributed by atoms with Crippen molar-refractivity contribution >= 4 is 0 Å². The number of hydrogen-bond donors (Lipinski definition) is 1. The van der Waals surface area contributed by atoms with E-state index in [4.69, 9.17) is 0 Å². The highest BCUT2D eigenvalue weighted by atomic mass is 16.3. The summed E-state index contributed by atoms with van der Waals surface area (Å²) in [4.78, 5) is 2.56. The summed E-state index contributed by atoms with van der Waals surface area (Å²) in [7, 11) is 0. The van der Waals surface area contributed by atoms with Crippen molar-refractivity contribution in [1.82, 2.24) is 4.90 Å². The molecule has 0 spiro atoms. The molecule has 1 atom stereocenters. The quantitative estimate of drug-likeness (QED) is 0.393. The van der Waals surface area contributed by atoms with E-state index in [2.05, 4.69) is 61.2 Å². The van der Waals surface area contributed by atoms with Crippen molar-refractivity contribution in [3.63, 3.8) is 0 Å². The first kappa shape index (κ1) is 22.6. The molecule has 0 fully saturated rings. The first-order valence-corrected chi connectivity index (χ1v) is 11.2. The molecule has 2 aromatic carbocycles. The van der Waals surface area contributed by atoms with E-state index in [1.165, 1.54) is 44.1 Å². The molecule has 2 nitrogen and oxygen atoms in total. The van der Waals surface area contributed by atoms with Gasteiger partial charge in [0.05, 0.1) is 5.60 Å². The maximum atomic E-state index is 11.4. The van der Waals surface area contributed by atoms with Gasteiger partial charge in [0, 0.05) is 6.54 Å². The van der Waals surface area contributed by atoms with E-state index in [1.807, 2.05) is 19.1 Å². The third-order valence-electron chi connectivity index (χ3n) is 5.66. The molecule has 0 aliphatic heterocycles. The molecule has 0 saturated heterocycles. The third kappa shape index (κ3) is 7.07. The molecule has 0 aliphatic carbocycles. The molecule has 0 saturated carbocycles. The molecular formula is C26H39NO. The van der Waals surface area contributed by atoms with Gasteiger partial charge in [-0.05, 0) is 56.0 Å². The summed E-state index contributed by atoms with van der Waals surface area (Å²) < 4.78 is 0. The van der Waals surface area contributed by atoms with Crippen LogP contribution in [0.5, 0.6) is 0 Å². The average molecular weight is 382 g/mol. The fourth-order valence-electron chi connectivity index (χ4n) is 3.84. The molecule has 154 valence electrons. The van der Waals surface area contributed by atoms with Crippen LogP contribution in [0, 0.1) is 0 Å². The minimum absolute atomic E-state index is 0.759. The van der Waals surface area contributed by atoms with Gasteiger partial charge in [0.1, 0.15) is 0 Å². The zero-order valence-electron chi connectivity index (χ0n) is 18.2. The Balaban J connectivity index is 2.08. The fourth-order valence-corrected chi connectivity index (χ4v) is 3.84. The zero-order valence-corrected chi connectivity index (χ0v) is 18.2. The highest BCUT2D eigenvalue weighted by Crippen LogP contribution is 2.34. The van der Waals surface area contributed by atoms with Gasteiger partial charge in [0.2, 0.25) is 0 Å². The first-order chi connectivity index (χ1) is 13.6. The van der Waals surface area contributed by atoms with Gasteiger partial charge in [-0.15, -0.1) is 0 Å². The maximum Gasteiger partial charge on any atom is 0.0886 e. The number of rotatable bonds is 13. The molecule has 2 aromatic rings. The number of unbranched alkanes of at least 4 members (excludes halogenated alkanes) is 4. The van der Waals surface area contributed by atoms with Crippen molar-refractivity contribution < 1.29 is 5.11 Å². The SMILES string of the molecule is CCCCCN(CCCCC)CCC(C)(O)c1ccccc1-c1ccccc1. The summed E-state index contributed by atoms with van der Waals surface area (Å²) in [6.45, 7) is 9.73. The molecule has 0 heterocycles. The number of aliphatic hydroxyl groups is 1. The molecule has 0 aliphatic rings. The predicted molar refractivity (Wildman–Crippen MR) is 122 cm³/mol. The maximum absolute atomic E-state index is 11.4. The van der Waals surface area contributed by atoms with Gasteiger partial charge in [0.25, 0.3) is 0 Å². The number of hydrogen-bond acceptors (Lipinski definition) is 2. The van der Waals surface area contributed by atoms with Crippen LogP contribution < -0.4 is 0 Å². The summed E-state index contributed by atoms with van der Waals surface area (Å²) in [5.41, 5.74) is 2.50. The van der Waals surface area contributed by atoms with E-state index in [9.17, 15) is 5.11 Å². The first-order valence-electron chi connectivity index (χ1n) is 11.2. The summed E-state index contributed by atoms with van der Waals surface area (Å²) in [6, 6.07) is 18.7. The van der Waals surface area contributed by atoms with Crippen LogP contribution in [0.1, 0.15) is 71.3 Å². The van der Waals surface area contributed by atoms with Crippen molar-refractivity contribution in [1.29, 1.82) is 0 Å². The van der Waals surface area contributed by atoms with Gasteiger partial charge in [-0.3, -0.25) is 0 Å². The third-order valence-corrected chi connectivity index (χ3v) is 5.66. The second kappa shape index (κ2) is 12.0. The van der Waals surface area contributed by atoms with Gasteiger partial charge in [-0.25, -0.2) is 0 Å². The van der Waals surface area contributed by atoms with Crippen LogP contribution in [-0.2, 0) is 5.60 Å². The van der Waals surface area contributed by atoms with Crippen molar-refractivity contribution in [3.05, 3.63) is 60.2 Å². The van der Waals surface area contributed by atoms with Crippen LogP contribution in [0.4, 0.5) is 0 Å². The van der Waals surface area contributed by atoms with E-state index >= 15 is 0 Å². The van der Waals surface area contributed by atoms with Crippen LogP contribution in [-0.4, -0.2) is 29.6 Å². The Labute approximate surface area is 172 Å². The van der Waals surface area contributed by atoms with Crippen LogP contribution >= 0.6 is 0 Å². The molecule has 28 heavy (non-hydrogen) atoms. The lowest BCUT2D eigenvalue weighted by atomic mass is 9.86. The molecule has 2 heteroatoms. The molecule has 0 radical (unpaired) electrons. The zero-order chi connectivity index (χ0) is 20.2. The molecule has 1 unspecified atom stereocenters. The van der Waals surface area contributed by atoms with E-state index in [1.54, 1.807) is 0 Å². The van der Waals surface area contributed by atoms with E-state index < -0.39 is 5.60 Å². The van der Waals surface area contributed by atoms with Crippen molar-refractivity contribution in [2.24, 2.45) is 0 Å². The van der Waals surface area contributed by atoms with E-state index in [0.717, 1.165) is 37.2 Å². The normalized spacial score (nSPS) is 13.6. The van der Waals surface area contributed by atoms with Gasteiger partial charge >= 0.3 is 0 Å². The fraction of sp³-hybridized carbons (Fsp3) is 0.538. The molecule has 0 aromatic heterocycles. The Morgan fingerprint density at radius 1 is 0.750 bits per heavy atom. The largest absolute Gasteiger partial charge is 0.385 e. The Morgan fingerprint density at radius 2 is 1.32 bits per heavy atom. The molecule has 0 amide bonds. The monoisotopic (exact) mass is 381 g/mol. The lowest BCUT2D eigenvalue weighted by Gasteiger charge is -2.30. The lowest BCUT2D eigenvalue weighted by molar-refractivity contribution is 0.0359. The van der Waals surface area contributed by atoms with E-state index in [0.29, 0.717) is 0 Å². The highest BCUT2D eigenvalue weighted by Gasteiger charge is 2.26. The Morgan fingerprint density at radius 3 is 1.93 bits per heavy atom. The van der Waals surface area contributed by atoms with Crippen molar-refractivity contribution in [3.8, 4) is 11.1 Å². The predicted octanol–water partition coefficient (Wildman–Crippen LogP) is 6.63. The summed E-state index contributed by atoms with van der Waals surface area (Å²) in [5.74, 6) is 0. The summed E-state index contributed by atoms with van der Waals surface area (Å²) in [6.07, 6.45) is 8.36. The van der Waals surface area contributed by atoms with Gasteiger partial charge in [-0.2, -0.15) is 0 Å². The van der Waals surface area contributed by atoms with Crippen molar-refractivity contribution in [2.45, 2.75) is 71.3 Å². The van der Waals surface area contributed by atoms with E-state index in [-0.39, 0.29) is 0 Å². The highest BCUT2D eigenvalue weighted by molar-refractivity contribution is 5.68. The van der Waals surface area contributed by atoms with Crippen LogP contribution in [0.3, 0.4) is 0 Å². The number of benzene rings is 2. The smallest absolute Gasteiger partial charge is 0.0886 e. The van der Waals surface area contributed by atoms with Gasteiger partial charge in [0.15, 0.2) is 0 Å². The summed E-state index contributed by atoms with van der Waals surface area (Å²) in [5, 5.41) is 11.4. The Bertz CT molecular complexity index is 655. The van der Waals surface area contributed by atoms with Crippen LogP contribution in [0.25, 0.3) is 11.1 Å². The second-order valence-electron chi connectivity index (χ2n) is 8.19. The molecule has 0 bridgehead atoms. The van der Waals surface area contributed by atoms with Gasteiger partial charge < -0.3 is 10.0 Å². The van der Waals surface area contributed by atoms with Crippen molar-refractivity contribution in [2.75, 3.05) is 19.6 Å².